The van der Waals surface area contributed by atoms with Crippen molar-refractivity contribution in [2.75, 3.05) is 26.5 Å². The van der Waals surface area contributed by atoms with Crippen molar-refractivity contribution in [2.45, 2.75) is 68.4 Å². The molecule has 0 aliphatic heterocycles. The highest BCUT2D eigenvalue weighted by Crippen LogP contribution is 2.19. The van der Waals surface area contributed by atoms with Crippen LogP contribution in [0.5, 0.6) is 0 Å². The molecule has 0 fully saturated rings. The number of rotatable bonds is 9. The quantitative estimate of drug-likeness (QED) is 0.408. The summed E-state index contributed by atoms with van der Waals surface area (Å²) in [6.45, 7) is 21.1. The molecule has 2 rings (SSSR count). The van der Waals surface area contributed by atoms with Crippen molar-refractivity contribution in [1.82, 2.24) is 8.87 Å². The van der Waals surface area contributed by atoms with E-state index < -0.39 is 11.0 Å². The van der Waals surface area contributed by atoms with Gasteiger partial charge in [0.15, 0.2) is 0 Å². The Labute approximate surface area is 217 Å². The van der Waals surface area contributed by atoms with Crippen molar-refractivity contribution in [1.29, 1.82) is 5.26 Å². The van der Waals surface area contributed by atoms with E-state index in [9.17, 15) is 9.47 Å². The molecule has 196 valence electrons. The van der Waals surface area contributed by atoms with Crippen LogP contribution in [0.4, 0.5) is 0 Å². The molecule has 0 saturated heterocycles. The first-order chi connectivity index (χ1) is 17.0. The molecule has 0 saturated carbocycles. The smallest absolute Gasteiger partial charge is 0.117 e. The van der Waals surface area contributed by atoms with Gasteiger partial charge in [-0.1, -0.05) is 85.4 Å². The summed E-state index contributed by atoms with van der Waals surface area (Å²) >= 11 is 0. The number of nitriles is 1. The van der Waals surface area contributed by atoms with Crippen LogP contribution in [-0.2, 0) is 22.3 Å². The fraction of sp³-hybridized carbons (Fsp3) is 0.483. The number of methoxy groups -OCH3 is 1. The summed E-state index contributed by atoms with van der Waals surface area (Å²) in [5.41, 5.74) is 2.40. The minimum absolute atomic E-state index is 0.554. The van der Waals surface area contributed by atoms with E-state index in [-0.39, 0.29) is 0 Å². The first-order valence-electron chi connectivity index (χ1n) is 12.7. The lowest BCUT2D eigenvalue weighted by Gasteiger charge is -2.12. The number of allylic oxidation sites excluding steroid dienone is 6. The lowest BCUT2D eigenvalue weighted by molar-refractivity contribution is 0.312. The van der Waals surface area contributed by atoms with Crippen molar-refractivity contribution in [3.8, 4) is 6.07 Å². The molecule has 1 aliphatic carbocycles. The van der Waals surface area contributed by atoms with Gasteiger partial charge in [-0.25, -0.2) is 8.51 Å². The maximum atomic E-state index is 11.9. The van der Waals surface area contributed by atoms with Crippen LogP contribution in [0.3, 0.4) is 0 Å². The lowest BCUT2D eigenvalue weighted by Crippen LogP contribution is -2.29. The van der Waals surface area contributed by atoms with Gasteiger partial charge in [0.25, 0.3) is 0 Å². The van der Waals surface area contributed by atoms with E-state index in [1.165, 1.54) is 0 Å². The standard InChI is InChI=1S/C23H29N3O2S.3C2H6/c1-6-11-18(12-10-15-25(4)29(27)8-3)23-21(17-24)20-14-9-13-19(28-5)16-22(20)26(23)7-2;3*1-2/h6,10-14,16H,1,7-9,15H2,2-5H3;3*1-2H3/b12-10-,18-11+;;;. The van der Waals surface area contributed by atoms with Crippen molar-refractivity contribution < 1.29 is 8.95 Å². The molecule has 5 nitrogen and oxygen atoms in total. The highest BCUT2D eigenvalue weighted by molar-refractivity contribution is 7.82. The zero-order valence-corrected chi connectivity index (χ0v) is 24.5. The number of aromatic nitrogens is 1. The minimum atomic E-state index is -0.993. The lowest BCUT2D eigenvalue weighted by atomic mass is 10.1. The summed E-state index contributed by atoms with van der Waals surface area (Å²) in [6.07, 6.45) is 14.3. The van der Waals surface area contributed by atoms with Gasteiger partial charge in [-0.15, -0.1) is 0 Å². The van der Waals surface area contributed by atoms with Crippen LogP contribution < -0.4 is 10.6 Å². The molecular formula is C29H47N3O2S. The average molecular weight is 502 g/mol. The predicted octanol–water partition coefficient (Wildman–Crippen LogP) is 5.69. The molecule has 0 radical (unpaired) electrons. The number of nitrogens with zero attached hydrogens (tertiary/aromatic N) is 3. The molecule has 1 heterocycles. The molecule has 1 unspecified atom stereocenters. The summed E-state index contributed by atoms with van der Waals surface area (Å²) < 4.78 is 21.3. The Hall–Kier alpha value is -2.62. The Morgan fingerprint density at radius 2 is 1.86 bits per heavy atom. The Kier molecular flexibility index (Phi) is 20.5. The molecule has 0 spiro atoms. The van der Waals surface area contributed by atoms with Gasteiger partial charge in [-0.3, -0.25) is 0 Å². The van der Waals surface area contributed by atoms with Gasteiger partial charge in [-0.05, 0) is 25.0 Å². The number of ether oxygens (including phenoxy) is 1. The van der Waals surface area contributed by atoms with Gasteiger partial charge in [0, 0.05) is 37.2 Å². The second-order valence-electron chi connectivity index (χ2n) is 6.45. The van der Waals surface area contributed by atoms with Crippen molar-refractivity contribution in [3.05, 3.63) is 64.5 Å². The molecular weight excluding hydrogens is 454 g/mol. The molecule has 1 atom stereocenters. The van der Waals surface area contributed by atoms with Gasteiger partial charge >= 0.3 is 0 Å². The van der Waals surface area contributed by atoms with E-state index >= 15 is 0 Å². The zero-order valence-electron chi connectivity index (χ0n) is 23.6. The largest absolute Gasteiger partial charge is 0.497 e. The number of fused-ring (bicyclic) bond motifs is 1. The van der Waals surface area contributed by atoms with E-state index in [4.69, 9.17) is 4.74 Å². The second-order valence-corrected chi connectivity index (χ2v) is 8.30. The Morgan fingerprint density at radius 1 is 1.23 bits per heavy atom. The van der Waals surface area contributed by atoms with Crippen LogP contribution >= 0.6 is 0 Å². The average Bonchev–Trinajstić information content (AvgIpc) is 3.05. The van der Waals surface area contributed by atoms with Gasteiger partial charge in [-0.2, -0.15) is 5.26 Å². The van der Waals surface area contributed by atoms with Crippen LogP contribution in [-0.4, -0.2) is 39.5 Å². The number of hydrogen-bond donors (Lipinski definition) is 0. The first kappa shape index (κ1) is 34.5. The van der Waals surface area contributed by atoms with Gasteiger partial charge in [0.2, 0.25) is 0 Å². The highest BCUT2D eigenvalue weighted by Gasteiger charge is 2.17. The summed E-state index contributed by atoms with van der Waals surface area (Å²) in [5.74, 6) is 1.38. The Bertz CT molecular complexity index is 1040. The van der Waals surface area contributed by atoms with Gasteiger partial charge in [0.05, 0.1) is 34.7 Å². The molecule has 0 bridgehead atoms. The Balaban J connectivity index is 0. The summed E-state index contributed by atoms with van der Waals surface area (Å²) in [6, 6.07) is 2.40. The maximum absolute atomic E-state index is 11.9. The van der Waals surface area contributed by atoms with E-state index in [2.05, 4.69) is 30.2 Å². The van der Waals surface area contributed by atoms with E-state index in [0.717, 1.165) is 27.6 Å². The fourth-order valence-corrected chi connectivity index (χ4v) is 4.05. The van der Waals surface area contributed by atoms with Crippen LogP contribution in [0, 0.1) is 11.3 Å². The molecule has 1 aromatic heterocycles. The zero-order chi connectivity index (χ0) is 27.4. The number of hydrogen-bond acceptors (Lipinski definition) is 3. The highest BCUT2D eigenvalue weighted by atomic mass is 32.2. The van der Waals surface area contributed by atoms with Crippen LogP contribution in [0.25, 0.3) is 17.7 Å². The summed E-state index contributed by atoms with van der Waals surface area (Å²) in [7, 11) is 2.50. The fourth-order valence-electron chi connectivity index (χ4n) is 3.36. The predicted molar refractivity (Wildman–Crippen MR) is 155 cm³/mol. The van der Waals surface area contributed by atoms with Crippen molar-refractivity contribution >= 4 is 28.7 Å². The second kappa shape index (κ2) is 20.7. The van der Waals surface area contributed by atoms with E-state index in [1.54, 1.807) is 17.5 Å². The topological polar surface area (TPSA) is 58.3 Å². The first-order valence-corrected chi connectivity index (χ1v) is 14.0. The minimum Gasteiger partial charge on any atom is -0.497 e. The molecule has 0 N–H and O–H groups in total. The molecule has 1 aromatic rings. The van der Waals surface area contributed by atoms with E-state index in [0.29, 0.717) is 30.8 Å². The van der Waals surface area contributed by atoms with Gasteiger partial charge < -0.3 is 9.30 Å². The van der Waals surface area contributed by atoms with E-state index in [1.807, 2.05) is 85.9 Å². The molecule has 35 heavy (non-hydrogen) atoms. The Morgan fingerprint density at radius 3 is 2.34 bits per heavy atom. The van der Waals surface area contributed by atoms with Crippen molar-refractivity contribution in [3.63, 3.8) is 0 Å². The number of likely N-dealkylation sites (N-methyl/N-ethyl adjacent to an activating group) is 1. The van der Waals surface area contributed by atoms with Crippen LogP contribution in [0.2, 0.25) is 0 Å². The molecule has 0 aromatic carbocycles. The summed E-state index contributed by atoms with van der Waals surface area (Å²) in [4.78, 5) is 0. The third-order valence-electron chi connectivity index (χ3n) is 4.75. The third kappa shape index (κ3) is 9.87. The molecule has 6 heteroatoms. The maximum Gasteiger partial charge on any atom is 0.117 e. The SMILES string of the molecule is C=C/C=C(\C=C/CN(C)S(=O)CC)c1c(C#N)c2c(n1CC)=CC(OC)=CCC=2.CC.CC.CC. The van der Waals surface area contributed by atoms with Gasteiger partial charge in [0.1, 0.15) is 11.8 Å². The monoisotopic (exact) mass is 501 g/mol. The molecule has 0 amide bonds. The normalized spacial score (nSPS) is 13.0. The summed E-state index contributed by atoms with van der Waals surface area (Å²) in [5, 5.41) is 11.9. The third-order valence-corrected chi connectivity index (χ3v) is 6.09. The van der Waals surface area contributed by atoms with Crippen LogP contribution in [0.15, 0.2) is 42.7 Å². The van der Waals surface area contributed by atoms with Crippen LogP contribution in [0.1, 0.15) is 73.1 Å². The van der Waals surface area contributed by atoms with Crippen molar-refractivity contribution in [2.24, 2.45) is 0 Å². The molecule has 1 aliphatic rings.